The standard InChI is InChI=1S/C12H18N4O3/c1-9-7-14-16(8-9)6-5-13-11(19)15-12(10(17)18)3-2-4-12/h7-8H,2-6H2,1H3,(H,17,18)(H2,13,15,19). The number of aromatic nitrogens is 2. The largest absolute Gasteiger partial charge is 0.480 e. The van der Waals surface area contributed by atoms with Crippen molar-refractivity contribution >= 4 is 12.0 Å². The van der Waals surface area contributed by atoms with E-state index in [0.29, 0.717) is 25.9 Å². The molecule has 2 rings (SSSR count). The van der Waals surface area contributed by atoms with Gasteiger partial charge in [-0.25, -0.2) is 9.59 Å². The molecule has 104 valence electrons. The number of nitrogens with zero attached hydrogens (tertiary/aromatic N) is 2. The molecule has 3 N–H and O–H groups in total. The van der Waals surface area contributed by atoms with Gasteiger partial charge in [-0.2, -0.15) is 5.10 Å². The normalized spacial score (nSPS) is 16.5. The smallest absolute Gasteiger partial charge is 0.329 e. The van der Waals surface area contributed by atoms with Gasteiger partial charge in [0, 0.05) is 12.7 Å². The van der Waals surface area contributed by atoms with Gasteiger partial charge in [-0.05, 0) is 31.7 Å². The average Bonchev–Trinajstić information content (AvgIpc) is 2.69. The number of rotatable bonds is 5. The lowest BCUT2D eigenvalue weighted by Gasteiger charge is -2.38. The maximum atomic E-state index is 11.6. The number of aliphatic carboxylic acids is 1. The molecule has 1 heterocycles. The van der Waals surface area contributed by atoms with Crippen molar-refractivity contribution in [2.24, 2.45) is 0 Å². The SMILES string of the molecule is Cc1cnn(CCNC(=O)NC2(C(=O)O)CCC2)c1. The monoisotopic (exact) mass is 266 g/mol. The van der Waals surface area contributed by atoms with Crippen molar-refractivity contribution in [3.8, 4) is 0 Å². The molecule has 0 unspecified atom stereocenters. The Balaban J connectivity index is 1.74. The molecule has 1 fully saturated rings. The zero-order valence-corrected chi connectivity index (χ0v) is 10.8. The summed E-state index contributed by atoms with van der Waals surface area (Å²) in [5, 5.41) is 18.4. The van der Waals surface area contributed by atoms with Gasteiger partial charge in [0.05, 0.1) is 12.7 Å². The summed E-state index contributed by atoms with van der Waals surface area (Å²) in [5.74, 6) is -0.961. The van der Waals surface area contributed by atoms with E-state index in [1.54, 1.807) is 10.9 Å². The molecular weight excluding hydrogens is 248 g/mol. The van der Waals surface area contributed by atoms with Crippen LogP contribution in [0.3, 0.4) is 0 Å². The minimum Gasteiger partial charge on any atom is -0.480 e. The van der Waals surface area contributed by atoms with Crippen LogP contribution in [0.25, 0.3) is 0 Å². The first-order chi connectivity index (χ1) is 9.02. The number of amides is 2. The van der Waals surface area contributed by atoms with Gasteiger partial charge in [0.25, 0.3) is 0 Å². The van der Waals surface area contributed by atoms with Gasteiger partial charge in [0.15, 0.2) is 0 Å². The molecule has 0 saturated heterocycles. The Hall–Kier alpha value is -2.05. The molecule has 0 bridgehead atoms. The van der Waals surface area contributed by atoms with Gasteiger partial charge >= 0.3 is 12.0 Å². The fourth-order valence-corrected chi connectivity index (χ4v) is 2.06. The molecule has 1 aromatic heterocycles. The van der Waals surface area contributed by atoms with Crippen LogP contribution >= 0.6 is 0 Å². The molecule has 0 atom stereocenters. The minimum absolute atomic E-state index is 0.405. The first-order valence-corrected chi connectivity index (χ1v) is 6.30. The summed E-state index contributed by atoms with van der Waals surface area (Å²) in [6.45, 7) is 2.90. The van der Waals surface area contributed by atoms with E-state index in [-0.39, 0.29) is 0 Å². The first-order valence-electron chi connectivity index (χ1n) is 6.30. The van der Waals surface area contributed by atoms with Crippen LogP contribution in [0, 0.1) is 6.92 Å². The van der Waals surface area contributed by atoms with Crippen molar-refractivity contribution in [3.05, 3.63) is 18.0 Å². The molecule has 1 saturated carbocycles. The van der Waals surface area contributed by atoms with Crippen LogP contribution in [0.15, 0.2) is 12.4 Å². The van der Waals surface area contributed by atoms with E-state index in [9.17, 15) is 9.59 Å². The Kier molecular flexibility index (Phi) is 3.73. The molecule has 0 aliphatic heterocycles. The highest BCUT2D eigenvalue weighted by molar-refractivity contribution is 5.87. The lowest BCUT2D eigenvalue weighted by atomic mass is 9.77. The fourth-order valence-electron chi connectivity index (χ4n) is 2.06. The van der Waals surface area contributed by atoms with Gasteiger partial charge in [-0.3, -0.25) is 4.68 Å². The lowest BCUT2D eigenvalue weighted by Crippen LogP contribution is -2.61. The molecule has 7 nitrogen and oxygen atoms in total. The third-order valence-electron chi connectivity index (χ3n) is 3.36. The maximum Gasteiger partial charge on any atom is 0.329 e. The van der Waals surface area contributed by atoms with E-state index in [0.717, 1.165) is 12.0 Å². The Bertz CT molecular complexity index is 479. The fraction of sp³-hybridized carbons (Fsp3) is 0.583. The molecule has 1 aromatic rings. The second kappa shape index (κ2) is 5.29. The number of nitrogens with one attached hydrogen (secondary N) is 2. The molecule has 2 amide bonds. The van der Waals surface area contributed by atoms with Crippen LogP contribution in [0.1, 0.15) is 24.8 Å². The summed E-state index contributed by atoms with van der Waals surface area (Å²) in [5.41, 5.74) is -0.00410. The summed E-state index contributed by atoms with van der Waals surface area (Å²) in [6, 6.07) is -0.439. The van der Waals surface area contributed by atoms with E-state index >= 15 is 0 Å². The van der Waals surface area contributed by atoms with Crippen molar-refractivity contribution in [2.75, 3.05) is 6.54 Å². The summed E-state index contributed by atoms with van der Waals surface area (Å²) in [7, 11) is 0. The van der Waals surface area contributed by atoms with E-state index in [1.165, 1.54) is 0 Å². The van der Waals surface area contributed by atoms with Crippen LogP contribution < -0.4 is 10.6 Å². The number of carboxylic acids is 1. The van der Waals surface area contributed by atoms with Gasteiger partial charge in [0.2, 0.25) is 0 Å². The molecule has 19 heavy (non-hydrogen) atoms. The number of aryl methyl sites for hydroxylation is 1. The zero-order valence-electron chi connectivity index (χ0n) is 10.8. The van der Waals surface area contributed by atoms with Gasteiger partial charge < -0.3 is 15.7 Å². The van der Waals surface area contributed by atoms with E-state index < -0.39 is 17.5 Å². The number of carboxylic acid groups (broad SMARTS) is 1. The van der Waals surface area contributed by atoms with Crippen LogP contribution in [-0.4, -0.2) is 39.0 Å². The second-order valence-electron chi connectivity index (χ2n) is 4.90. The highest BCUT2D eigenvalue weighted by Gasteiger charge is 2.45. The average molecular weight is 266 g/mol. The third kappa shape index (κ3) is 3.04. The topological polar surface area (TPSA) is 96.3 Å². The quantitative estimate of drug-likeness (QED) is 0.723. The number of carbonyl (C=O) groups excluding carboxylic acids is 1. The molecule has 1 aliphatic rings. The van der Waals surface area contributed by atoms with Gasteiger partial charge in [-0.15, -0.1) is 0 Å². The highest BCUT2D eigenvalue weighted by Crippen LogP contribution is 2.31. The maximum absolute atomic E-state index is 11.6. The van der Waals surface area contributed by atoms with Crippen molar-refractivity contribution < 1.29 is 14.7 Å². The number of urea groups is 1. The molecule has 0 aromatic carbocycles. The Morgan fingerprint density at radius 2 is 2.26 bits per heavy atom. The number of carbonyl (C=O) groups is 2. The lowest BCUT2D eigenvalue weighted by molar-refractivity contribution is -0.148. The summed E-state index contributed by atoms with van der Waals surface area (Å²) in [6.07, 6.45) is 5.44. The predicted octanol–water partition coefficient (Wildman–Crippen LogP) is 0.498. The van der Waals surface area contributed by atoms with E-state index in [1.807, 2.05) is 13.1 Å². The second-order valence-corrected chi connectivity index (χ2v) is 4.90. The van der Waals surface area contributed by atoms with Crippen LogP contribution in [0.5, 0.6) is 0 Å². The summed E-state index contributed by atoms with van der Waals surface area (Å²) >= 11 is 0. The zero-order chi connectivity index (χ0) is 13.9. The van der Waals surface area contributed by atoms with Crippen LogP contribution in [-0.2, 0) is 11.3 Å². The van der Waals surface area contributed by atoms with Crippen molar-refractivity contribution in [2.45, 2.75) is 38.3 Å². The van der Waals surface area contributed by atoms with Crippen LogP contribution in [0.4, 0.5) is 4.79 Å². The van der Waals surface area contributed by atoms with Gasteiger partial charge in [-0.1, -0.05) is 0 Å². The van der Waals surface area contributed by atoms with Crippen molar-refractivity contribution in [1.82, 2.24) is 20.4 Å². The van der Waals surface area contributed by atoms with Gasteiger partial charge in [0.1, 0.15) is 5.54 Å². The molecule has 7 heteroatoms. The Morgan fingerprint density at radius 3 is 2.74 bits per heavy atom. The van der Waals surface area contributed by atoms with Crippen molar-refractivity contribution in [1.29, 1.82) is 0 Å². The Labute approximate surface area is 111 Å². The third-order valence-corrected chi connectivity index (χ3v) is 3.36. The first kappa shape index (κ1) is 13.4. The van der Waals surface area contributed by atoms with Crippen molar-refractivity contribution in [3.63, 3.8) is 0 Å². The van der Waals surface area contributed by atoms with Crippen LogP contribution in [0.2, 0.25) is 0 Å². The predicted molar refractivity (Wildman–Crippen MR) is 67.7 cm³/mol. The minimum atomic E-state index is -1.06. The summed E-state index contributed by atoms with van der Waals surface area (Å²) in [4.78, 5) is 22.7. The molecule has 0 spiro atoms. The number of hydrogen-bond acceptors (Lipinski definition) is 3. The number of hydrogen-bond donors (Lipinski definition) is 3. The Morgan fingerprint density at radius 1 is 1.53 bits per heavy atom. The van der Waals surface area contributed by atoms with E-state index in [2.05, 4.69) is 15.7 Å². The highest BCUT2D eigenvalue weighted by atomic mass is 16.4. The molecule has 0 radical (unpaired) electrons. The molecular formula is C12H18N4O3. The van der Waals surface area contributed by atoms with E-state index in [4.69, 9.17) is 5.11 Å². The summed E-state index contributed by atoms with van der Waals surface area (Å²) < 4.78 is 1.73. The molecule has 1 aliphatic carbocycles.